The summed E-state index contributed by atoms with van der Waals surface area (Å²) in [6.07, 6.45) is 1.64. The van der Waals surface area contributed by atoms with Crippen LogP contribution in [0.25, 0.3) is 17.0 Å². The van der Waals surface area contributed by atoms with E-state index in [2.05, 4.69) is 9.88 Å². The number of fused-ring (bicyclic) bond motifs is 1. The first-order chi connectivity index (χ1) is 17.3. The van der Waals surface area contributed by atoms with Gasteiger partial charge < -0.3 is 9.88 Å². The van der Waals surface area contributed by atoms with Gasteiger partial charge in [-0.3, -0.25) is 19.8 Å². The maximum Gasteiger partial charge on any atom is 0.329 e. The Morgan fingerprint density at radius 1 is 0.972 bits per heavy atom. The Morgan fingerprint density at radius 2 is 1.67 bits per heavy atom. The van der Waals surface area contributed by atoms with Crippen molar-refractivity contribution in [1.82, 2.24) is 14.8 Å². The fourth-order valence-corrected chi connectivity index (χ4v) is 4.41. The highest BCUT2D eigenvalue weighted by atomic mass is 19.1. The number of hydrogen-bond donors (Lipinski definition) is 1. The third kappa shape index (κ3) is 4.11. The maximum atomic E-state index is 14.1. The molecular weight excluding hydrogens is 463 g/mol. The average Bonchev–Trinajstić information content (AvgIpc) is 3.29. The lowest BCUT2D eigenvalue weighted by atomic mass is 10.1. The molecule has 4 aromatic rings. The summed E-state index contributed by atoms with van der Waals surface area (Å²) in [5.41, 5.74) is 3.80. The Morgan fingerprint density at radius 3 is 2.39 bits per heavy atom. The van der Waals surface area contributed by atoms with Gasteiger partial charge in [-0.05, 0) is 30.7 Å². The van der Waals surface area contributed by atoms with Crippen molar-refractivity contribution in [3.05, 3.63) is 117 Å². The number of para-hydroxylation sites is 1. The van der Waals surface area contributed by atoms with Crippen LogP contribution in [-0.2, 0) is 17.9 Å². The Labute approximate surface area is 205 Å². The largest absolute Gasteiger partial charge is 0.340 e. The zero-order valence-electron chi connectivity index (χ0n) is 19.3. The van der Waals surface area contributed by atoms with E-state index in [1.807, 2.05) is 31.2 Å². The van der Waals surface area contributed by atoms with E-state index in [-0.39, 0.29) is 23.5 Å². The summed E-state index contributed by atoms with van der Waals surface area (Å²) in [4.78, 5) is 37.1. The van der Waals surface area contributed by atoms with Crippen molar-refractivity contribution < 1.29 is 18.9 Å². The van der Waals surface area contributed by atoms with Crippen molar-refractivity contribution in [2.45, 2.75) is 20.0 Å². The number of nitro benzene ring substituents is 1. The van der Waals surface area contributed by atoms with Crippen LogP contribution in [0.1, 0.15) is 22.4 Å². The van der Waals surface area contributed by atoms with E-state index < -0.39 is 22.7 Å². The van der Waals surface area contributed by atoms with Crippen LogP contribution >= 0.6 is 0 Å². The lowest BCUT2D eigenvalue weighted by Crippen LogP contribution is -2.30. The highest BCUT2D eigenvalue weighted by Gasteiger charge is 2.34. The molecule has 180 valence electrons. The van der Waals surface area contributed by atoms with Gasteiger partial charge in [-0.15, -0.1) is 0 Å². The van der Waals surface area contributed by atoms with Crippen LogP contribution in [0.5, 0.6) is 0 Å². The van der Waals surface area contributed by atoms with Crippen LogP contribution in [0.15, 0.2) is 78.5 Å². The zero-order chi connectivity index (χ0) is 25.4. The SMILES string of the molecule is Cc1c(/C=C2/NC(=O)N(Cc3ccccc3F)C2=O)c2ccccc2n1Cc1ccc([N+](=O)[O-])cc1. The van der Waals surface area contributed by atoms with Crippen molar-refractivity contribution in [2.24, 2.45) is 0 Å². The fraction of sp³-hybridized carbons (Fsp3) is 0.111. The van der Waals surface area contributed by atoms with Crippen LogP contribution in [-0.4, -0.2) is 26.3 Å². The van der Waals surface area contributed by atoms with E-state index in [1.54, 1.807) is 30.3 Å². The molecule has 1 aliphatic rings. The van der Waals surface area contributed by atoms with Crippen molar-refractivity contribution in [1.29, 1.82) is 0 Å². The molecule has 0 spiro atoms. The summed E-state index contributed by atoms with van der Waals surface area (Å²) < 4.78 is 16.1. The highest BCUT2D eigenvalue weighted by Crippen LogP contribution is 2.30. The summed E-state index contributed by atoms with van der Waals surface area (Å²) in [6.45, 7) is 2.21. The number of carbonyl (C=O) groups excluding carboxylic acids is 2. The van der Waals surface area contributed by atoms with Gasteiger partial charge in [0, 0.05) is 46.4 Å². The molecule has 0 radical (unpaired) electrons. The molecule has 1 fully saturated rings. The molecule has 1 saturated heterocycles. The predicted molar refractivity (Wildman–Crippen MR) is 132 cm³/mol. The lowest BCUT2D eigenvalue weighted by molar-refractivity contribution is -0.384. The van der Waals surface area contributed by atoms with E-state index in [9.17, 15) is 24.1 Å². The Balaban J connectivity index is 1.49. The maximum absolute atomic E-state index is 14.1. The summed E-state index contributed by atoms with van der Waals surface area (Å²) in [5.74, 6) is -1.02. The van der Waals surface area contributed by atoms with Crippen molar-refractivity contribution in [2.75, 3.05) is 0 Å². The summed E-state index contributed by atoms with van der Waals surface area (Å²) in [7, 11) is 0. The van der Waals surface area contributed by atoms with Gasteiger partial charge in [-0.1, -0.05) is 48.5 Å². The van der Waals surface area contributed by atoms with E-state index in [1.165, 1.54) is 24.3 Å². The number of amides is 3. The zero-order valence-corrected chi connectivity index (χ0v) is 19.3. The summed E-state index contributed by atoms with van der Waals surface area (Å²) in [6, 6.07) is 19.5. The number of carbonyl (C=O) groups is 2. The van der Waals surface area contributed by atoms with Gasteiger partial charge in [0.2, 0.25) is 0 Å². The molecule has 3 amide bonds. The molecule has 9 heteroatoms. The van der Waals surface area contributed by atoms with Crippen LogP contribution in [0.4, 0.5) is 14.9 Å². The minimum Gasteiger partial charge on any atom is -0.340 e. The molecule has 2 heterocycles. The molecule has 0 unspecified atom stereocenters. The molecule has 0 bridgehead atoms. The molecule has 36 heavy (non-hydrogen) atoms. The van der Waals surface area contributed by atoms with Crippen LogP contribution < -0.4 is 5.32 Å². The first-order valence-electron chi connectivity index (χ1n) is 11.2. The van der Waals surface area contributed by atoms with Gasteiger partial charge in [-0.2, -0.15) is 0 Å². The second kappa shape index (κ2) is 9.10. The number of halogens is 1. The standard InChI is InChI=1S/C27H21FN4O4/c1-17-22(14-24-26(33)31(27(34)29-24)16-19-6-2-4-8-23(19)28)21-7-3-5-9-25(21)30(17)15-18-10-12-20(13-11-18)32(35)36/h2-14H,15-16H2,1H3,(H,29,34)/b24-14+. The lowest BCUT2D eigenvalue weighted by Gasteiger charge is -2.12. The first kappa shape index (κ1) is 23.0. The summed E-state index contributed by atoms with van der Waals surface area (Å²) >= 11 is 0. The third-order valence-electron chi connectivity index (χ3n) is 6.30. The van der Waals surface area contributed by atoms with Gasteiger partial charge in [-0.25, -0.2) is 9.18 Å². The average molecular weight is 484 g/mol. The molecule has 3 aromatic carbocycles. The van der Waals surface area contributed by atoms with Gasteiger partial charge in [0.15, 0.2) is 0 Å². The second-order valence-corrected chi connectivity index (χ2v) is 8.50. The van der Waals surface area contributed by atoms with Crippen LogP contribution in [0.2, 0.25) is 0 Å². The number of imide groups is 1. The molecule has 1 aliphatic heterocycles. The topological polar surface area (TPSA) is 97.5 Å². The van der Waals surface area contributed by atoms with Crippen molar-refractivity contribution >= 4 is 34.6 Å². The van der Waals surface area contributed by atoms with Gasteiger partial charge in [0.05, 0.1) is 11.5 Å². The Bertz CT molecular complexity index is 1560. The smallest absolute Gasteiger partial charge is 0.329 e. The van der Waals surface area contributed by atoms with Crippen LogP contribution in [0.3, 0.4) is 0 Å². The van der Waals surface area contributed by atoms with Gasteiger partial charge in [0.25, 0.3) is 11.6 Å². The Hall–Kier alpha value is -4.79. The van der Waals surface area contributed by atoms with E-state index in [0.717, 1.165) is 32.6 Å². The normalized spacial score (nSPS) is 14.6. The van der Waals surface area contributed by atoms with Crippen LogP contribution in [0, 0.1) is 22.9 Å². The number of non-ortho nitro benzene ring substituents is 1. The molecular formula is C27H21FN4O4. The number of nitro groups is 1. The number of hydrogen-bond acceptors (Lipinski definition) is 4. The number of nitrogens with zero attached hydrogens (tertiary/aromatic N) is 3. The molecule has 8 nitrogen and oxygen atoms in total. The number of aromatic nitrogens is 1. The monoisotopic (exact) mass is 484 g/mol. The summed E-state index contributed by atoms with van der Waals surface area (Å²) in [5, 5.41) is 14.5. The van der Waals surface area contributed by atoms with Crippen molar-refractivity contribution in [3.8, 4) is 0 Å². The minimum absolute atomic E-state index is 0.0219. The molecule has 5 rings (SSSR count). The van der Waals surface area contributed by atoms with Crippen molar-refractivity contribution in [3.63, 3.8) is 0 Å². The molecule has 0 saturated carbocycles. The molecule has 1 aromatic heterocycles. The number of nitrogens with one attached hydrogen (secondary N) is 1. The second-order valence-electron chi connectivity index (χ2n) is 8.50. The quantitative estimate of drug-likeness (QED) is 0.177. The molecule has 0 atom stereocenters. The minimum atomic E-state index is -0.609. The van der Waals surface area contributed by atoms with E-state index in [0.29, 0.717) is 6.54 Å². The van der Waals surface area contributed by atoms with Gasteiger partial charge in [0.1, 0.15) is 11.5 Å². The number of benzene rings is 3. The fourth-order valence-electron chi connectivity index (χ4n) is 4.41. The van der Waals surface area contributed by atoms with E-state index >= 15 is 0 Å². The molecule has 1 N–H and O–H groups in total. The Kier molecular flexibility index (Phi) is 5.81. The van der Waals surface area contributed by atoms with E-state index in [4.69, 9.17) is 0 Å². The molecule has 0 aliphatic carbocycles. The number of urea groups is 1. The third-order valence-corrected chi connectivity index (χ3v) is 6.30. The van der Waals surface area contributed by atoms with Gasteiger partial charge >= 0.3 is 6.03 Å². The number of rotatable bonds is 6. The predicted octanol–water partition coefficient (Wildman–Crippen LogP) is 5.14. The highest BCUT2D eigenvalue weighted by molar-refractivity contribution is 6.14. The first-order valence-corrected chi connectivity index (χ1v) is 11.2.